The Morgan fingerprint density at radius 1 is 1.41 bits per heavy atom. The van der Waals surface area contributed by atoms with Crippen LogP contribution in [-0.2, 0) is 10.0 Å². The van der Waals surface area contributed by atoms with Gasteiger partial charge in [0.05, 0.1) is 0 Å². The molecule has 1 aromatic heterocycles. The molecule has 7 heteroatoms. The SMILES string of the molecule is Cl.NCC1(NS(=O)(=O)c2cccs2)CCCC1. The van der Waals surface area contributed by atoms with Gasteiger partial charge in [-0.05, 0) is 24.3 Å². The molecule has 0 aromatic carbocycles. The number of hydrogen-bond donors (Lipinski definition) is 2. The van der Waals surface area contributed by atoms with Crippen molar-refractivity contribution >= 4 is 33.8 Å². The van der Waals surface area contributed by atoms with E-state index in [4.69, 9.17) is 5.73 Å². The van der Waals surface area contributed by atoms with Crippen LogP contribution in [0, 0.1) is 0 Å². The minimum atomic E-state index is -3.38. The highest BCUT2D eigenvalue weighted by atomic mass is 35.5. The number of rotatable bonds is 4. The highest BCUT2D eigenvalue weighted by Crippen LogP contribution is 2.30. The Morgan fingerprint density at radius 3 is 2.53 bits per heavy atom. The molecule has 0 spiro atoms. The Labute approximate surface area is 112 Å². The van der Waals surface area contributed by atoms with Gasteiger partial charge >= 0.3 is 0 Å². The third-order valence-corrected chi connectivity index (χ3v) is 6.04. The van der Waals surface area contributed by atoms with Crippen LogP contribution in [0.1, 0.15) is 25.7 Å². The van der Waals surface area contributed by atoms with Crippen molar-refractivity contribution in [1.82, 2.24) is 4.72 Å². The van der Waals surface area contributed by atoms with E-state index >= 15 is 0 Å². The van der Waals surface area contributed by atoms with E-state index in [1.807, 2.05) is 0 Å². The molecule has 1 aliphatic carbocycles. The number of nitrogens with one attached hydrogen (secondary N) is 1. The molecule has 98 valence electrons. The number of thiophene rings is 1. The van der Waals surface area contributed by atoms with Crippen LogP contribution in [0.5, 0.6) is 0 Å². The molecule has 3 N–H and O–H groups in total. The summed E-state index contributed by atoms with van der Waals surface area (Å²) in [5.74, 6) is 0. The van der Waals surface area contributed by atoms with Crippen molar-refractivity contribution in [3.63, 3.8) is 0 Å². The van der Waals surface area contributed by atoms with Crippen LogP contribution in [0.4, 0.5) is 0 Å². The predicted molar refractivity (Wildman–Crippen MR) is 72.1 cm³/mol. The fourth-order valence-corrected chi connectivity index (χ4v) is 4.61. The largest absolute Gasteiger partial charge is 0.329 e. The maximum Gasteiger partial charge on any atom is 0.250 e. The first kappa shape index (κ1) is 14.9. The summed E-state index contributed by atoms with van der Waals surface area (Å²) in [5.41, 5.74) is 5.29. The smallest absolute Gasteiger partial charge is 0.250 e. The van der Waals surface area contributed by atoms with E-state index in [1.165, 1.54) is 11.3 Å². The van der Waals surface area contributed by atoms with Gasteiger partial charge in [-0.3, -0.25) is 0 Å². The molecule has 1 saturated carbocycles. The third-order valence-electron chi connectivity index (χ3n) is 3.06. The fourth-order valence-electron chi connectivity index (χ4n) is 2.15. The molecule has 1 aliphatic rings. The third kappa shape index (κ3) is 3.20. The predicted octanol–water partition coefficient (Wildman–Crippen LogP) is 1.72. The van der Waals surface area contributed by atoms with E-state index in [0.29, 0.717) is 10.8 Å². The first-order valence-electron chi connectivity index (χ1n) is 5.36. The number of sulfonamides is 1. The molecule has 1 aromatic rings. The van der Waals surface area contributed by atoms with E-state index in [2.05, 4.69) is 4.72 Å². The van der Waals surface area contributed by atoms with Crippen LogP contribution in [0.2, 0.25) is 0 Å². The van der Waals surface area contributed by atoms with Crippen molar-refractivity contribution in [3.8, 4) is 0 Å². The van der Waals surface area contributed by atoms with Gasteiger partial charge in [0.1, 0.15) is 4.21 Å². The van der Waals surface area contributed by atoms with Crippen molar-refractivity contribution in [1.29, 1.82) is 0 Å². The Hall–Kier alpha value is -0.140. The van der Waals surface area contributed by atoms with Crippen LogP contribution in [0.25, 0.3) is 0 Å². The quantitative estimate of drug-likeness (QED) is 0.888. The van der Waals surface area contributed by atoms with Gasteiger partial charge in [-0.2, -0.15) is 0 Å². The molecule has 1 fully saturated rings. The average molecular weight is 297 g/mol. The summed E-state index contributed by atoms with van der Waals surface area (Å²) < 4.78 is 27.3. The van der Waals surface area contributed by atoms with E-state index < -0.39 is 15.6 Å². The summed E-state index contributed by atoms with van der Waals surface area (Å²) >= 11 is 1.23. The fraction of sp³-hybridized carbons (Fsp3) is 0.600. The zero-order valence-electron chi connectivity index (χ0n) is 9.39. The molecule has 0 atom stereocenters. The maximum absolute atomic E-state index is 12.1. The Morgan fingerprint density at radius 2 is 2.06 bits per heavy atom. The Bertz CT molecular complexity index is 439. The highest BCUT2D eigenvalue weighted by molar-refractivity contribution is 7.91. The first-order chi connectivity index (χ1) is 7.58. The average Bonchev–Trinajstić information content (AvgIpc) is 2.87. The normalized spacial score (nSPS) is 18.9. The number of halogens is 1. The molecule has 0 saturated heterocycles. The second kappa shape index (κ2) is 5.67. The van der Waals surface area contributed by atoms with Gasteiger partial charge in [-0.15, -0.1) is 23.7 Å². The molecule has 2 rings (SSSR count). The molecule has 0 amide bonds. The van der Waals surface area contributed by atoms with Gasteiger partial charge in [0.25, 0.3) is 10.0 Å². The van der Waals surface area contributed by atoms with Crippen LogP contribution in [0.3, 0.4) is 0 Å². The molecule has 1 heterocycles. The highest BCUT2D eigenvalue weighted by Gasteiger charge is 2.36. The van der Waals surface area contributed by atoms with E-state index in [0.717, 1.165) is 25.7 Å². The Balaban J connectivity index is 0.00000144. The van der Waals surface area contributed by atoms with E-state index in [9.17, 15) is 8.42 Å². The summed E-state index contributed by atoms with van der Waals surface area (Å²) in [4.78, 5) is 0. The molecule has 0 aliphatic heterocycles. The van der Waals surface area contributed by atoms with Gasteiger partial charge in [0.15, 0.2) is 0 Å². The van der Waals surface area contributed by atoms with Gasteiger partial charge in [0.2, 0.25) is 0 Å². The molecular weight excluding hydrogens is 280 g/mol. The van der Waals surface area contributed by atoms with E-state index in [-0.39, 0.29) is 12.4 Å². The standard InChI is InChI=1S/C10H16N2O2S2.ClH/c11-8-10(5-1-2-6-10)12-16(13,14)9-4-3-7-15-9;/h3-4,7,12H,1-2,5-6,8,11H2;1H. The summed E-state index contributed by atoms with van der Waals surface area (Å²) in [6, 6.07) is 3.36. The summed E-state index contributed by atoms with van der Waals surface area (Å²) in [5, 5.41) is 1.76. The van der Waals surface area contributed by atoms with Crippen LogP contribution in [0.15, 0.2) is 21.7 Å². The molecule has 4 nitrogen and oxygen atoms in total. The lowest BCUT2D eigenvalue weighted by Crippen LogP contribution is -2.51. The van der Waals surface area contributed by atoms with Gasteiger partial charge in [0, 0.05) is 12.1 Å². The summed E-state index contributed by atoms with van der Waals surface area (Å²) in [6.07, 6.45) is 3.77. The summed E-state index contributed by atoms with van der Waals surface area (Å²) in [6.45, 7) is 0.373. The lowest BCUT2D eigenvalue weighted by atomic mass is 10.0. The molecule has 0 radical (unpaired) electrons. The van der Waals surface area contributed by atoms with Crippen LogP contribution >= 0.6 is 23.7 Å². The van der Waals surface area contributed by atoms with Crippen molar-refractivity contribution < 1.29 is 8.42 Å². The molecule has 0 bridgehead atoms. The van der Waals surface area contributed by atoms with E-state index in [1.54, 1.807) is 17.5 Å². The zero-order valence-corrected chi connectivity index (χ0v) is 11.8. The van der Waals surface area contributed by atoms with Gasteiger partial charge in [-0.25, -0.2) is 13.1 Å². The minimum absolute atomic E-state index is 0. The van der Waals surface area contributed by atoms with Crippen molar-refractivity contribution in [2.45, 2.75) is 35.4 Å². The monoisotopic (exact) mass is 296 g/mol. The van der Waals surface area contributed by atoms with Crippen molar-refractivity contribution in [3.05, 3.63) is 17.5 Å². The van der Waals surface area contributed by atoms with Crippen molar-refractivity contribution in [2.75, 3.05) is 6.54 Å². The topological polar surface area (TPSA) is 72.2 Å². The molecule has 0 unspecified atom stereocenters. The minimum Gasteiger partial charge on any atom is -0.329 e. The molecular formula is C10H17ClN2O2S2. The Kier molecular flexibility index (Phi) is 4.97. The van der Waals surface area contributed by atoms with Gasteiger partial charge < -0.3 is 5.73 Å². The maximum atomic E-state index is 12.1. The zero-order chi connectivity index (χ0) is 11.6. The summed E-state index contributed by atoms with van der Waals surface area (Å²) in [7, 11) is -3.38. The lowest BCUT2D eigenvalue weighted by Gasteiger charge is -2.27. The second-order valence-electron chi connectivity index (χ2n) is 4.23. The van der Waals surface area contributed by atoms with Gasteiger partial charge in [-0.1, -0.05) is 18.9 Å². The number of hydrogen-bond acceptors (Lipinski definition) is 4. The van der Waals surface area contributed by atoms with Crippen LogP contribution < -0.4 is 10.5 Å². The van der Waals surface area contributed by atoms with Crippen LogP contribution in [-0.4, -0.2) is 20.5 Å². The molecule has 17 heavy (non-hydrogen) atoms. The first-order valence-corrected chi connectivity index (χ1v) is 7.72. The van der Waals surface area contributed by atoms with Crippen molar-refractivity contribution in [2.24, 2.45) is 5.73 Å². The second-order valence-corrected chi connectivity index (χ2v) is 7.09. The number of nitrogens with two attached hydrogens (primary N) is 1. The lowest BCUT2D eigenvalue weighted by molar-refractivity contribution is 0.400.